The number of nitrogens with one attached hydrogen (secondary N) is 2. The van der Waals surface area contributed by atoms with E-state index in [1.807, 2.05) is 6.20 Å². The molecule has 4 heteroatoms. The maximum atomic E-state index is 4.42. The van der Waals surface area contributed by atoms with Gasteiger partial charge in [-0.3, -0.25) is 0 Å². The van der Waals surface area contributed by atoms with Crippen molar-refractivity contribution in [2.24, 2.45) is 0 Å². The fraction of sp³-hybridized carbons (Fsp3) is 0.643. The normalized spacial score (nSPS) is 23.4. The molecule has 0 aromatic carbocycles. The van der Waals surface area contributed by atoms with E-state index in [4.69, 9.17) is 0 Å². The molecule has 1 saturated heterocycles. The Morgan fingerprint density at radius 1 is 1.44 bits per heavy atom. The van der Waals surface area contributed by atoms with Crippen LogP contribution in [0, 0.1) is 0 Å². The van der Waals surface area contributed by atoms with Crippen LogP contribution >= 0.6 is 0 Å². The predicted octanol–water partition coefficient (Wildman–Crippen LogP) is 1.63. The number of anilines is 2. The second kappa shape index (κ2) is 5.14. The Kier molecular flexibility index (Phi) is 3.37. The molecule has 2 aliphatic rings. The number of pyridine rings is 1. The van der Waals surface area contributed by atoms with E-state index in [0.29, 0.717) is 6.04 Å². The molecule has 0 saturated carbocycles. The highest BCUT2D eigenvalue weighted by atomic mass is 15.2. The second-order valence-electron chi connectivity index (χ2n) is 5.26. The molecule has 1 aromatic heterocycles. The molecule has 2 N–H and O–H groups in total. The summed E-state index contributed by atoms with van der Waals surface area (Å²) in [6, 6.07) is 2.80. The van der Waals surface area contributed by atoms with Gasteiger partial charge in [0, 0.05) is 43.1 Å². The first-order chi connectivity index (χ1) is 8.88. The summed E-state index contributed by atoms with van der Waals surface area (Å²) in [7, 11) is 2.08. The topological polar surface area (TPSA) is 40.2 Å². The summed E-state index contributed by atoms with van der Waals surface area (Å²) in [5, 5.41) is 6.81. The van der Waals surface area contributed by atoms with Gasteiger partial charge in [-0.25, -0.2) is 4.98 Å². The molecule has 4 nitrogen and oxygen atoms in total. The zero-order valence-electron chi connectivity index (χ0n) is 11.1. The summed E-state index contributed by atoms with van der Waals surface area (Å²) < 4.78 is 0. The van der Waals surface area contributed by atoms with Gasteiger partial charge in [-0.05, 0) is 32.4 Å². The molecule has 0 amide bonds. The highest BCUT2D eigenvalue weighted by Gasteiger charge is 2.22. The maximum Gasteiger partial charge on any atom is 0.131 e. The second-order valence-corrected chi connectivity index (χ2v) is 5.26. The lowest BCUT2D eigenvalue weighted by atomic mass is 10.1. The molecule has 1 atom stereocenters. The van der Waals surface area contributed by atoms with Crippen LogP contribution < -0.4 is 15.5 Å². The van der Waals surface area contributed by atoms with Crippen LogP contribution in [0.2, 0.25) is 0 Å². The van der Waals surface area contributed by atoms with Crippen molar-refractivity contribution in [3.8, 4) is 0 Å². The zero-order valence-corrected chi connectivity index (χ0v) is 11.1. The number of aromatic nitrogens is 1. The van der Waals surface area contributed by atoms with Crippen LogP contribution in [0.25, 0.3) is 0 Å². The van der Waals surface area contributed by atoms with Crippen LogP contribution in [-0.2, 0) is 6.42 Å². The number of rotatable bonds is 2. The predicted molar refractivity (Wildman–Crippen MR) is 75.3 cm³/mol. The van der Waals surface area contributed by atoms with Crippen LogP contribution in [0.1, 0.15) is 24.8 Å². The SMILES string of the molecule is CNC1CCCCN(c2ccnc3c2CCN3)C1. The third kappa shape index (κ3) is 2.17. The molecular weight excluding hydrogens is 224 g/mol. The fourth-order valence-corrected chi connectivity index (χ4v) is 3.08. The average molecular weight is 246 g/mol. The Balaban J connectivity index is 1.87. The van der Waals surface area contributed by atoms with E-state index in [0.717, 1.165) is 25.3 Å². The summed E-state index contributed by atoms with van der Waals surface area (Å²) in [6.45, 7) is 3.32. The van der Waals surface area contributed by atoms with Gasteiger partial charge < -0.3 is 15.5 Å². The van der Waals surface area contributed by atoms with Gasteiger partial charge in [0.25, 0.3) is 0 Å². The largest absolute Gasteiger partial charge is 0.370 e. The molecular formula is C14H22N4. The Morgan fingerprint density at radius 3 is 3.28 bits per heavy atom. The van der Waals surface area contributed by atoms with E-state index >= 15 is 0 Å². The molecule has 1 aromatic rings. The quantitative estimate of drug-likeness (QED) is 0.832. The molecule has 1 fully saturated rings. The van der Waals surface area contributed by atoms with Crippen molar-refractivity contribution in [1.29, 1.82) is 0 Å². The van der Waals surface area contributed by atoms with Crippen molar-refractivity contribution < 1.29 is 0 Å². The lowest BCUT2D eigenvalue weighted by Gasteiger charge is -2.27. The van der Waals surface area contributed by atoms with Gasteiger partial charge in [-0.2, -0.15) is 0 Å². The Labute approximate surface area is 109 Å². The lowest BCUT2D eigenvalue weighted by molar-refractivity contribution is 0.532. The van der Waals surface area contributed by atoms with Crippen molar-refractivity contribution in [2.75, 3.05) is 36.9 Å². The summed E-state index contributed by atoms with van der Waals surface area (Å²) in [5.74, 6) is 1.10. The third-order valence-corrected chi connectivity index (χ3v) is 4.12. The third-order valence-electron chi connectivity index (χ3n) is 4.12. The minimum Gasteiger partial charge on any atom is -0.370 e. The van der Waals surface area contributed by atoms with Crippen molar-refractivity contribution in [3.05, 3.63) is 17.8 Å². The molecule has 1 unspecified atom stereocenters. The first kappa shape index (κ1) is 11.8. The first-order valence-corrected chi connectivity index (χ1v) is 7.02. The fourth-order valence-electron chi connectivity index (χ4n) is 3.08. The van der Waals surface area contributed by atoms with Gasteiger partial charge in [0.15, 0.2) is 0 Å². The monoisotopic (exact) mass is 246 g/mol. The molecule has 3 heterocycles. The molecule has 0 bridgehead atoms. The van der Waals surface area contributed by atoms with Crippen molar-refractivity contribution >= 4 is 11.5 Å². The van der Waals surface area contributed by atoms with E-state index in [1.54, 1.807) is 0 Å². The highest BCUT2D eigenvalue weighted by molar-refractivity contribution is 5.65. The Morgan fingerprint density at radius 2 is 2.39 bits per heavy atom. The number of likely N-dealkylation sites (N-methyl/N-ethyl adjacent to an activating group) is 1. The Hall–Kier alpha value is -1.29. The number of nitrogens with zero attached hydrogens (tertiary/aromatic N) is 2. The summed E-state index contributed by atoms with van der Waals surface area (Å²) in [5.41, 5.74) is 2.81. The number of fused-ring (bicyclic) bond motifs is 1. The van der Waals surface area contributed by atoms with E-state index in [9.17, 15) is 0 Å². The summed E-state index contributed by atoms with van der Waals surface area (Å²) in [6.07, 6.45) is 6.96. The van der Waals surface area contributed by atoms with Gasteiger partial charge in [-0.1, -0.05) is 6.42 Å². The van der Waals surface area contributed by atoms with Gasteiger partial charge >= 0.3 is 0 Å². The smallest absolute Gasteiger partial charge is 0.131 e. The van der Waals surface area contributed by atoms with Gasteiger partial charge in [-0.15, -0.1) is 0 Å². The minimum absolute atomic E-state index is 0.616. The molecule has 0 spiro atoms. The van der Waals surface area contributed by atoms with Crippen LogP contribution in [-0.4, -0.2) is 37.7 Å². The van der Waals surface area contributed by atoms with Crippen molar-refractivity contribution in [3.63, 3.8) is 0 Å². The van der Waals surface area contributed by atoms with E-state index in [-0.39, 0.29) is 0 Å². The van der Waals surface area contributed by atoms with E-state index in [1.165, 1.54) is 37.1 Å². The standard InChI is InChI=1S/C14H22N4/c1-15-11-4-2-3-9-18(10-11)13-6-8-17-14-12(13)5-7-16-14/h6,8,11,15H,2-5,7,9-10H2,1H3,(H,16,17). The van der Waals surface area contributed by atoms with E-state index < -0.39 is 0 Å². The van der Waals surface area contributed by atoms with Crippen LogP contribution in [0.5, 0.6) is 0 Å². The van der Waals surface area contributed by atoms with Crippen LogP contribution in [0.3, 0.4) is 0 Å². The minimum atomic E-state index is 0.616. The van der Waals surface area contributed by atoms with Crippen molar-refractivity contribution in [1.82, 2.24) is 10.3 Å². The molecule has 0 aliphatic carbocycles. The highest BCUT2D eigenvalue weighted by Crippen LogP contribution is 2.31. The molecule has 0 radical (unpaired) electrons. The van der Waals surface area contributed by atoms with Crippen molar-refractivity contribution in [2.45, 2.75) is 31.7 Å². The van der Waals surface area contributed by atoms with Gasteiger partial charge in [0.1, 0.15) is 5.82 Å². The zero-order chi connectivity index (χ0) is 12.4. The molecule has 98 valence electrons. The number of hydrogen-bond donors (Lipinski definition) is 2. The van der Waals surface area contributed by atoms with Crippen LogP contribution in [0.15, 0.2) is 12.3 Å². The average Bonchev–Trinajstić information content (AvgIpc) is 2.75. The summed E-state index contributed by atoms with van der Waals surface area (Å²) >= 11 is 0. The maximum absolute atomic E-state index is 4.42. The first-order valence-electron chi connectivity index (χ1n) is 7.02. The molecule has 18 heavy (non-hydrogen) atoms. The Bertz CT molecular complexity index is 418. The van der Waals surface area contributed by atoms with Gasteiger partial charge in [0.05, 0.1) is 0 Å². The summed E-state index contributed by atoms with van der Waals surface area (Å²) in [4.78, 5) is 6.97. The molecule has 3 rings (SSSR count). The van der Waals surface area contributed by atoms with Crippen LogP contribution in [0.4, 0.5) is 11.5 Å². The number of hydrogen-bond acceptors (Lipinski definition) is 4. The molecule has 2 aliphatic heterocycles. The van der Waals surface area contributed by atoms with Gasteiger partial charge in [0.2, 0.25) is 0 Å². The lowest BCUT2D eigenvalue weighted by Crippen LogP contribution is -2.38. The van der Waals surface area contributed by atoms with E-state index in [2.05, 4.69) is 33.6 Å².